The lowest BCUT2D eigenvalue weighted by Gasteiger charge is -2.37. The molecule has 0 aromatic heterocycles. The maximum atomic E-state index is 13.7. The van der Waals surface area contributed by atoms with Gasteiger partial charge in [-0.2, -0.15) is 5.26 Å². The van der Waals surface area contributed by atoms with Crippen LogP contribution in [0.2, 0.25) is 0 Å². The number of carboxylic acids is 1. The minimum absolute atomic E-state index is 0.186. The highest BCUT2D eigenvalue weighted by Gasteiger charge is 2.38. The Bertz CT molecular complexity index is 865. The van der Waals surface area contributed by atoms with E-state index in [0.717, 1.165) is 38.8 Å². The number of guanidine groups is 1. The van der Waals surface area contributed by atoms with Crippen LogP contribution in [0, 0.1) is 23.2 Å². The van der Waals surface area contributed by atoms with E-state index >= 15 is 0 Å². The third-order valence-electron chi connectivity index (χ3n) is 7.91. The smallest absolute Gasteiger partial charge is 0.413 e. The van der Waals surface area contributed by atoms with Crippen molar-refractivity contribution in [3.8, 4) is 6.07 Å². The number of carbonyl (C=O) groups excluding carboxylic acids is 2. The summed E-state index contributed by atoms with van der Waals surface area (Å²) in [6.45, 7) is 4.13. The van der Waals surface area contributed by atoms with E-state index < -0.39 is 29.6 Å². The maximum Gasteiger partial charge on any atom is 0.413 e. The monoisotopic (exact) mass is 518 g/mol. The van der Waals surface area contributed by atoms with E-state index in [1.807, 2.05) is 11.9 Å². The molecule has 1 aliphatic carbocycles. The first-order chi connectivity index (χ1) is 17.7. The Labute approximate surface area is 219 Å². The van der Waals surface area contributed by atoms with Gasteiger partial charge in [-0.25, -0.2) is 9.79 Å². The number of aliphatic carboxylic acids is 1. The number of hydrogen-bond acceptors (Lipinski definition) is 7. The third kappa shape index (κ3) is 8.32. The molecule has 11 heteroatoms. The molecule has 1 unspecified atom stereocenters. The van der Waals surface area contributed by atoms with Crippen molar-refractivity contribution in [3.05, 3.63) is 0 Å². The van der Waals surface area contributed by atoms with E-state index in [-0.39, 0.29) is 18.5 Å². The highest BCUT2D eigenvalue weighted by Crippen LogP contribution is 2.29. The van der Waals surface area contributed by atoms with Gasteiger partial charge in [0.2, 0.25) is 11.9 Å². The summed E-state index contributed by atoms with van der Waals surface area (Å²) in [5.74, 6) is -1.01. The average Bonchev–Trinajstić information content (AvgIpc) is 2.90. The van der Waals surface area contributed by atoms with Crippen LogP contribution in [-0.4, -0.2) is 90.2 Å². The number of piperidine rings is 2. The summed E-state index contributed by atoms with van der Waals surface area (Å²) in [5, 5.41) is 25.1. The summed E-state index contributed by atoms with van der Waals surface area (Å²) in [4.78, 5) is 46.2. The zero-order valence-electron chi connectivity index (χ0n) is 22.2. The molecule has 11 nitrogen and oxygen atoms in total. The summed E-state index contributed by atoms with van der Waals surface area (Å²) in [6.07, 6.45) is 7.28. The van der Waals surface area contributed by atoms with Crippen molar-refractivity contribution in [2.45, 2.75) is 82.7 Å². The number of nitrogens with zero attached hydrogens (tertiary/aromatic N) is 4. The van der Waals surface area contributed by atoms with Crippen LogP contribution in [0.3, 0.4) is 0 Å². The first-order valence-corrected chi connectivity index (χ1v) is 13.7. The summed E-state index contributed by atoms with van der Waals surface area (Å²) in [7, 11) is 2.00. The molecule has 0 radical (unpaired) electrons. The largest absolute Gasteiger partial charge is 0.481 e. The Balaban J connectivity index is 1.85. The van der Waals surface area contributed by atoms with E-state index in [1.54, 1.807) is 6.92 Å². The van der Waals surface area contributed by atoms with Gasteiger partial charge in [-0.15, -0.1) is 0 Å². The van der Waals surface area contributed by atoms with Crippen LogP contribution >= 0.6 is 0 Å². The second-order valence-electron chi connectivity index (χ2n) is 10.6. The predicted molar refractivity (Wildman–Crippen MR) is 138 cm³/mol. The van der Waals surface area contributed by atoms with Crippen molar-refractivity contribution in [1.82, 2.24) is 20.4 Å². The van der Waals surface area contributed by atoms with Crippen molar-refractivity contribution in [2.24, 2.45) is 16.8 Å². The van der Waals surface area contributed by atoms with Crippen molar-refractivity contribution in [1.29, 1.82) is 5.26 Å². The lowest BCUT2D eigenvalue weighted by Crippen LogP contribution is -2.56. The first-order valence-electron chi connectivity index (χ1n) is 13.7. The normalized spacial score (nSPS) is 22.5. The number of carbonyl (C=O) groups is 3. The average molecular weight is 519 g/mol. The number of carboxylic acid groups (broad SMARTS) is 1. The van der Waals surface area contributed by atoms with Crippen LogP contribution in [0.5, 0.6) is 0 Å². The molecule has 2 aliphatic heterocycles. The second kappa shape index (κ2) is 13.6. The van der Waals surface area contributed by atoms with Gasteiger partial charge < -0.3 is 25.0 Å². The molecule has 1 atom stereocenters. The molecular weight excluding hydrogens is 476 g/mol. The molecule has 37 heavy (non-hydrogen) atoms. The SMILES string of the molecule is CCOC(=O)NC(=NC(CC1CCCCC1)C(=O)NC1(C#N)CCN(C)CC1)N1CCC(C(=O)O)CC1. The van der Waals surface area contributed by atoms with Gasteiger partial charge in [0.1, 0.15) is 11.6 Å². The molecular formula is C26H42N6O5. The van der Waals surface area contributed by atoms with Crippen molar-refractivity contribution >= 4 is 23.9 Å². The molecule has 206 valence electrons. The fourth-order valence-corrected chi connectivity index (χ4v) is 5.48. The highest BCUT2D eigenvalue weighted by molar-refractivity contribution is 5.96. The van der Waals surface area contributed by atoms with Crippen LogP contribution < -0.4 is 10.6 Å². The molecule has 0 bridgehead atoms. The topological polar surface area (TPSA) is 147 Å². The first kappa shape index (κ1) is 28.7. The van der Waals surface area contributed by atoms with Crippen molar-refractivity contribution < 1.29 is 24.2 Å². The van der Waals surface area contributed by atoms with E-state index in [1.165, 1.54) is 6.42 Å². The summed E-state index contributed by atoms with van der Waals surface area (Å²) >= 11 is 0. The van der Waals surface area contributed by atoms with Crippen molar-refractivity contribution in [2.75, 3.05) is 39.8 Å². The van der Waals surface area contributed by atoms with E-state index in [2.05, 4.69) is 21.6 Å². The molecule has 2 heterocycles. The van der Waals surface area contributed by atoms with Crippen LogP contribution in [0.25, 0.3) is 0 Å². The summed E-state index contributed by atoms with van der Waals surface area (Å²) in [5.41, 5.74) is -0.932. The fraction of sp³-hybridized carbons (Fsp3) is 0.808. The van der Waals surface area contributed by atoms with Gasteiger partial charge in [0.05, 0.1) is 18.6 Å². The predicted octanol–water partition coefficient (Wildman–Crippen LogP) is 2.33. The minimum atomic E-state index is -0.932. The molecule has 2 amide bonds. The molecule has 1 saturated carbocycles. The van der Waals surface area contributed by atoms with Gasteiger partial charge in [-0.3, -0.25) is 14.9 Å². The quantitative estimate of drug-likeness (QED) is 0.344. The van der Waals surface area contributed by atoms with Gasteiger partial charge >= 0.3 is 12.1 Å². The number of nitrogens with one attached hydrogen (secondary N) is 2. The Morgan fingerprint density at radius 1 is 1.11 bits per heavy atom. The number of likely N-dealkylation sites (tertiary alicyclic amines) is 2. The van der Waals surface area contributed by atoms with Gasteiger partial charge in [0, 0.05) is 26.2 Å². The fourth-order valence-electron chi connectivity index (χ4n) is 5.48. The molecule has 3 N–H and O–H groups in total. The molecule has 0 aromatic rings. The Morgan fingerprint density at radius 2 is 1.76 bits per heavy atom. The summed E-state index contributed by atoms with van der Waals surface area (Å²) in [6, 6.07) is 1.57. The molecule has 0 spiro atoms. The number of amides is 2. The van der Waals surface area contributed by atoms with Crippen LogP contribution in [0.1, 0.15) is 71.1 Å². The van der Waals surface area contributed by atoms with Crippen LogP contribution in [0.15, 0.2) is 4.99 Å². The Kier molecular flexibility index (Phi) is 10.6. The van der Waals surface area contributed by atoms with E-state index in [4.69, 9.17) is 9.73 Å². The number of alkyl carbamates (subject to hydrolysis) is 1. The number of aliphatic imine (C=N–C) groups is 1. The molecule has 0 aromatic carbocycles. The number of ether oxygens (including phenoxy) is 1. The van der Waals surface area contributed by atoms with Gasteiger partial charge in [-0.1, -0.05) is 32.1 Å². The second-order valence-corrected chi connectivity index (χ2v) is 10.6. The third-order valence-corrected chi connectivity index (χ3v) is 7.91. The molecule has 3 rings (SSSR count). The van der Waals surface area contributed by atoms with Crippen LogP contribution in [0.4, 0.5) is 4.79 Å². The highest BCUT2D eigenvalue weighted by atomic mass is 16.5. The number of nitriles is 1. The zero-order valence-corrected chi connectivity index (χ0v) is 22.2. The summed E-state index contributed by atoms with van der Waals surface area (Å²) < 4.78 is 5.08. The minimum Gasteiger partial charge on any atom is -0.481 e. The standard InChI is InChI=1S/C26H42N6O5/c1-3-37-25(36)29-24(32-13-9-20(10-14-32)23(34)35)28-21(17-19-7-5-4-6-8-19)22(33)30-26(18-27)11-15-31(2)16-12-26/h19-21H,3-17H2,1-2H3,(H,30,33)(H,34,35)(H,28,29,36). The zero-order chi connectivity index (χ0) is 26.8. The lowest BCUT2D eigenvalue weighted by atomic mass is 9.84. The van der Waals surface area contributed by atoms with Gasteiger partial charge in [-0.05, 0) is 52.0 Å². The van der Waals surface area contributed by atoms with Gasteiger partial charge in [0.15, 0.2) is 0 Å². The molecule has 2 saturated heterocycles. The van der Waals surface area contributed by atoms with E-state index in [9.17, 15) is 24.8 Å². The molecule has 3 fully saturated rings. The molecule has 3 aliphatic rings. The Morgan fingerprint density at radius 3 is 2.32 bits per heavy atom. The van der Waals surface area contributed by atoms with Crippen LogP contribution in [-0.2, 0) is 14.3 Å². The number of rotatable bonds is 7. The van der Waals surface area contributed by atoms with Crippen molar-refractivity contribution in [3.63, 3.8) is 0 Å². The Hall–Kier alpha value is -2.87. The number of hydrogen-bond donors (Lipinski definition) is 3. The van der Waals surface area contributed by atoms with Gasteiger partial charge in [0.25, 0.3) is 0 Å². The maximum absolute atomic E-state index is 13.7. The van der Waals surface area contributed by atoms with E-state index in [0.29, 0.717) is 51.1 Å². The lowest BCUT2D eigenvalue weighted by molar-refractivity contribution is -0.143.